The SMILES string of the molecule is CC(NC(=O)c1cnc(Cl)cn1)C1CCC1. The van der Waals surface area contributed by atoms with Crippen LogP contribution in [0.4, 0.5) is 0 Å². The van der Waals surface area contributed by atoms with Gasteiger partial charge in [0.05, 0.1) is 12.4 Å². The molecular formula is C11H14ClN3O. The first-order chi connectivity index (χ1) is 7.66. The molecule has 1 aliphatic carbocycles. The summed E-state index contributed by atoms with van der Waals surface area (Å²) in [6.07, 6.45) is 6.45. The number of carbonyl (C=O) groups excluding carboxylic acids is 1. The number of aromatic nitrogens is 2. The maximum Gasteiger partial charge on any atom is 0.271 e. The van der Waals surface area contributed by atoms with Crippen LogP contribution in [0, 0.1) is 5.92 Å². The summed E-state index contributed by atoms with van der Waals surface area (Å²) < 4.78 is 0. The van der Waals surface area contributed by atoms with Gasteiger partial charge in [-0.1, -0.05) is 18.0 Å². The number of rotatable bonds is 3. The van der Waals surface area contributed by atoms with Crippen LogP contribution in [-0.4, -0.2) is 21.9 Å². The van der Waals surface area contributed by atoms with E-state index in [-0.39, 0.29) is 11.9 Å². The molecule has 0 radical (unpaired) electrons. The number of nitrogens with one attached hydrogen (secondary N) is 1. The van der Waals surface area contributed by atoms with Crippen LogP contribution in [0.1, 0.15) is 36.7 Å². The largest absolute Gasteiger partial charge is 0.348 e. The van der Waals surface area contributed by atoms with Crippen molar-refractivity contribution in [1.82, 2.24) is 15.3 Å². The lowest BCUT2D eigenvalue weighted by Gasteiger charge is -2.31. The summed E-state index contributed by atoms with van der Waals surface area (Å²) in [6, 6.07) is 0.207. The van der Waals surface area contributed by atoms with Crippen molar-refractivity contribution in [1.29, 1.82) is 0 Å². The van der Waals surface area contributed by atoms with Crippen molar-refractivity contribution in [3.63, 3.8) is 0 Å². The zero-order chi connectivity index (χ0) is 11.5. The van der Waals surface area contributed by atoms with E-state index in [1.54, 1.807) is 0 Å². The molecule has 1 unspecified atom stereocenters. The molecule has 0 bridgehead atoms. The van der Waals surface area contributed by atoms with Crippen molar-refractivity contribution in [2.24, 2.45) is 5.92 Å². The molecular weight excluding hydrogens is 226 g/mol. The van der Waals surface area contributed by atoms with Crippen LogP contribution in [-0.2, 0) is 0 Å². The van der Waals surface area contributed by atoms with Crippen molar-refractivity contribution in [3.05, 3.63) is 23.2 Å². The van der Waals surface area contributed by atoms with Gasteiger partial charge >= 0.3 is 0 Å². The van der Waals surface area contributed by atoms with E-state index < -0.39 is 0 Å². The Kier molecular flexibility index (Phi) is 3.39. The van der Waals surface area contributed by atoms with Gasteiger partial charge in [0.1, 0.15) is 10.8 Å². The van der Waals surface area contributed by atoms with Gasteiger partial charge in [-0.05, 0) is 25.7 Å². The molecule has 1 atom stereocenters. The smallest absolute Gasteiger partial charge is 0.271 e. The molecule has 1 N–H and O–H groups in total. The molecule has 0 aliphatic heterocycles. The van der Waals surface area contributed by atoms with E-state index in [0.717, 1.165) is 0 Å². The summed E-state index contributed by atoms with van der Waals surface area (Å²) in [6.45, 7) is 2.03. The molecule has 1 saturated carbocycles. The Balaban J connectivity index is 1.94. The Hall–Kier alpha value is -1.16. The van der Waals surface area contributed by atoms with Crippen LogP contribution >= 0.6 is 11.6 Å². The summed E-state index contributed by atoms with van der Waals surface area (Å²) in [5, 5.41) is 3.23. The maximum atomic E-state index is 11.8. The Bertz CT molecular complexity index is 375. The van der Waals surface area contributed by atoms with Crippen LogP contribution in [0.15, 0.2) is 12.4 Å². The predicted octanol–water partition coefficient (Wildman–Crippen LogP) is 2.05. The highest BCUT2D eigenvalue weighted by Gasteiger charge is 2.25. The highest BCUT2D eigenvalue weighted by molar-refractivity contribution is 6.29. The zero-order valence-electron chi connectivity index (χ0n) is 9.11. The van der Waals surface area contributed by atoms with Gasteiger partial charge in [-0.25, -0.2) is 9.97 Å². The zero-order valence-corrected chi connectivity index (χ0v) is 9.87. The third kappa shape index (κ3) is 2.50. The van der Waals surface area contributed by atoms with Gasteiger partial charge in [-0.2, -0.15) is 0 Å². The summed E-state index contributed by atoms with van der Waals surface area (Å²) in [5.74, 6) is 0.438. The predicted molar refractivity (Wildman–Crippen MR) is 61.3 cm³/mol. The van der Waals surface area contributed by atoms with Gasteiger partial charge in [0, 0.05) is 6.04 Å². The summed E-state index contributed by atoms with van der Waals surface area (Å²) in [7, 11) is 0. The molecule has 1 aromatic rings. The first kappa shape index (κ1) is 11.3. The summed E-state index contributed by atoms with van der Waals surface area (Å²) in [5.41, 5.74) is 0.315. The van der Waals surface area contributed by atoms with Crippen LogP contribution in [0.2, 0.25) is 5.15 Å². The van der Waals surface area contributed by atoms with E-state index >= 15 is 0 Å². The van der Waals surface area contributed by atoms with Gasteiger partial charge in [0.15, 0.2) is 0 Å². The first-order valence-electron chi connectivity index (χ1n) is 5.45. The number of hydrogen-bond acceptors (Lipinski definition) is 3. The second-order valence-corrected chi connectivity index (χ2v) is 4.56. The van der Waals surface area contributed by atoms with Crippen molar-refractivity contribution < 1.29 is 4.79 Å². The topological polar surface area (TPSA) is 54.9 Å². The molecule has 0 aromatic carbocycles. The Morgan fingerprint density at radius 3 is 2.75 bits per heavy atom. The molecule has 1 fully saturated rings. The van der Waals surface area contributed by atoms with E-state index in [2.05, 4.69) is 15.3 Å². The maximum absolute atomic E-state index is 11.8. The Labute approximate surface area is 99.4 Å². The molecule has 2 rings (SSSR count). The normalized spacial score (nSPS) is 17.6. The van der Waals surface area contributed by atoms with Crippen molar-refractivity contribution in [2.45, 2.75) is 32.2 Å². The van der Waals surface area contributed by atoms with E-state index in [9.17, 15) is 4.79 Å². The van der Waals surface area contributed by atoms with Crippen LogP contribution < -0.4 is 5.32 Å². The van der Waals surface area contributed by atoms with Crippen LogP contribution in [0.5, 0.6) is 0 Å². The quantitative estimate of drug-likeness (QED) is 0.878. The van der Waals surface area contributed by atoms with Crippen molar-refractivity contribution >= 4 is 17.5 Å². The van der Waals surface area contributed by atoms with Crippen molar-refractivity contribution in [3.8, 4) is 0 Å². The second-order valence-electron chi connectivity index (χ2n) is 4.18. The third-order valence-corrected chi connectivity index (χ3v) is 3.26. The molecule has 1 aliphatic rings. The van der Waals surface area contributed by atoms with E-state index in [0.29, 0.717) is 16.8 Å². The fourth-order valence-corrected chi connectivity index (χ4v) is 1.87. The fraction of sp³-hybridized carbons (Fsp3) is 0.545. The highest BCUT2D eigenvalue weighted by atomic mass is 35.5. The number of hydrogen-bond donors (Lipinski definition) is 1. The van der Waals surface area contributed by atoms with Crippen molar-refractivity contribution in [2.75, 3.05) is 0 Å². The summed E-state index contributed by atoms with van der Waals surface area (Å²) >= 11 is 5.60. The Morgan fingerprint density at radius 2 is 2.25 bits per heavy atom. The number of carbonyl (C=O) groups is 1. The van der Waals surface area contributed by atoms with E-state index in [1.807, 2.05) is 6.92 Å². The number of nitrogens with zero attached hydrogens (tertiary/aromatic N) is 2. The molecule has 5 heteroatoms. The molecule has 0 spiro atoms. The van der Waals surface area contributed by atoms with E-state index in [1.165, 1.54) is 31.7 Å². The molecule has 0 saturated heterocycles. The lowest BCUT2D eigenvalue weighted by Crippen LogP contribution is -2.41. The minimum absolute atomic E-state index is 0.177. The molecule has 86 valence electrons. The highest BCUT2D eigenvalue weighted by Crippen LogP contribution is 2.29. The second kappa shape index (κ2) is 4.78. The fourth-order valence-electron chi connectivity index (χ4n) is 1.77. The molecule has 1 amide bonds. The average Bonchev–Trinajstić information content (AvgIpc) is 2.15. The monoisotopic (exact) mass is 239 g/mol. The van der Waals surface area contributed by atoms with Crippen LogP contribution in [0.3, 0.4) is 0 Å². The third-order valence-electron chi connectivity index (χ3n) is 3.07. The minimum atomic E-state index is -0.177. The molecule has 1 aromatic heterocycles. The lowest BCUT2D eigenvalue weighted by molar-refractivity contribution is 0.0904. The molecule has 1 heterocycles. The van der Waals surface area contributed by atoms with Gasteiger partial charge in [0.2, 0.25) is 0 Å². The number of halogens is 1. The first-order valence-corrected chi connectivity index (χ1v) is 5.83. The number of amides is 1. The van der Waals surface area contributed by atoms with Gasteiger partial charge in [-0.15, -0.1) is 0 Å². The summed E-state index contributed by atoms with van der Waals surface area (Å²) in [4.78, 5) is 19.5. The van der Waals surface area contributed by atoms with Gasteiger partial charge in [-0.3, -0.25) is 4.79 Å². The van der Waals surface area contributed by atoms with Gasteiger partial charge in [0.25, 0.3) is 5.91 Å². The molecule has 4 nitrogen and oxygen atoms in total. The molecule has 16 heavy (non-hydrogen) atoms. The van der Waals surface area contributed by atoms with Crippen LogP contribution in [0.25, 0.3) is 0 Å². The Morgan fingerprint density at radius 1 is 1.50 bits per heavy atom. The van der Waals surface area contributed by atoms with E-state index in [4.69, 9.17) is 11.6 Å². The average molecular weight is 240 g/mol. The minimum Gasteiger partial charge on any atom is -0.348 e. The lowest BCUT2D eigenvalue weighted by atomic mass is 9.80. The van der Waals surface area contributed by atoms with Gasteiger partial charge < -0.3 is 5.32 Å². The standard InChI is InChI=1S/C11H14ClN3O/c1-7(8-3-2-4-8)15-11(16)9-5-14-10(12)6-13-9/h5-8H,2-4H2,1H3,(H,15,16).